The van der Waals surface area contributed by atoms with E-state index >= 15 is 0 Å². The molecule has 0 atom stereocenters. The highest BCUT2D eigenvalue weighted by Gasteiger charge is 2.08. The second-order valence-electron chi connectivity index (χ2n) is 3.00. The molecule has 2 rings (SSSR count). The quantitative estimate of drug-likeness (QED) is 0.817. The van der Waals surface area contributed by atoms with Gasteiger partial charge in [-0.25, -0.2) is 13.5 Å². The van der Waals surface area contributed by atoms with E-state index in [2.05, 4.69) is 21.0 Å². The lowest BCUT2D eigenvalue weighted by atomic mass is 10.2. The topological polar surface area (TPSA) is 17.8 Å². The molecule has 0 amide bonds. The van der Waals surface area contributed by atoms with Crippen LogP contribution in [0.5, 0.6) is 0 Å². The first-order valence-corrected chi connectivity index (χ1v) is 5.05. The van der Waals surface area contributed by atoms with Gasteiger partial charge in [0.1, 0.15) is 0 Å². The van der Waals surface area contributed by atoms with Crippen LogP contribution in [0, 0.1) is 0 Å². The molecule has 0 spiro atoms. The first-order chi connectivity index (χ1) is 7.16. The van der Waals surface area contributed by atoms with Crippen LogP contribution < -0.4 is 0 Å². The maximum absolute atomic E-state index is 12.4. The number of halogens is 3. The van der Waals surface area contributed by atoms with Crippen molar-refractivity contribution < 1.29 is 8.78 Å². The minimum absolute atomic E-state index is 0.000813. The van der Waals surface area contributed by atoms with Crippen molar-refractivity contribution in [3.63, 3.8) is 0 Å². The summed E-state index contributed by atoms with van der Waals surface area (Å²) in [5.41, 5.74) is 0.623. The van der Waals surface area contributed by atoms with Gasteiger partial charge in [-0.3, -0.25) is 0 Å². The molecule has 0 saturated carbocycles. The Morgan fingerprint density at radius 1 is 1.33 bits per heavy atom. The molecule has 0 radical (unpaired) electrons. The summed E-state index contributed by atoms with van der Waals surface area (Å²) in [6, 6.07) is 6.13. The van der Waals surface area contributed by atoms with Crippen molar-refractivity contribution >= 4 is 15.9 Å². The van der Waals surface area contributed by atoms with E-state index in [-0.39, 0.29) is 5.56 Å². The molecule has 0 aliphatic carbocycles. The molecule has 2 nitrogen and oxygen atoms in total. The van der Waals surface area contributed by atoms with Gasteiger partial charge in [0, 0.05) is 11.8 Å². The maximum atomic E-state index is 12.4. The van der Waals surface area contributed by atoms with Crippen LogP contribution in [0.3, 0.4) is 0 Å². The van der Waals surface area contributed by atoms with Crippen molar-refractivity contribution in [3.8, 4) is 5.69 Å². The number of nitrogens with zero attached hydrogens (tertiary/aromatic N) is 2. The van der Waals surface area contributed by atoms with Crippen molar-refractivity contribution in [1.29, 1.82) is 0 Å². The fourth-order valence-corrected chi connectivity index (χ4v) is 1.53. The monoisotopic (exact) mass is 272 g/mol. The fourth-order valence-electron chi connectivity index (χ4n) is 1.25. The molecule has 0 saturated heterocycles. The Labute approximate surface area is 93.7 Å². The van der Waals surface area contributed by atoms with Crippen molar-refractivity contribution in [1.82, 2.24) is 9.78 Å². The van der Waals surface area contributed by atoms with E-state index in [1.165, 1.54) is 16.8 Å². The summed E-state index contributed by atoms with van der Waals surface area (Å²) >= 11 is 3.25. The van der Waals surface area contributed by atoms with E-state index in [1.54, 1.807) is 24.5 Å². The van der Waals surface area contributed by atoms with E-state index in [9.17, 15) is 8.78 Å². The summed E-state index contributed by atoms with van der Waals surface area (Å²) in [4.78, 5) is 0. The van der Waals surface area contributed by atoms with Gasteiger partial charge >= 0.3 is 0 Å². The molecule has 0 aliphatic rings. The highest BCUT2D eigenvalue weighted by Crippen LogP contribution is 2.21. The first kappa shape index (κ1) is 10.3. The standard InChI is InChI=1S/C10H7BrF2N2/c11-8-5-14-15(6-8)9-3-1-2-7(4-9)10(12)13/h1-6,10H. The number of benzene rings is 1. The zero-order valence-electron chi connectivity index (χ0n) is 7.57. The van der Waals surface area contributed by atoms with Crippen LogP contribution in [0.1, 0.15) is 12.0 Å². The molecule has 5 heteroatoms. The van der Waals surface area contributed by atoms with E-state index in [4.69, 9.17) is 0 Å². The summed E-state index contributed by atoms with van der Waals surface area (Å²) in [6.45, 7) is 0. The zero-order chi connectivity index (χ0) is 10.8. The average molecular weight is 273 g/mol. The normalized spacial score (nSPS) is 10.9. The van der Waals surface area contributed by atoms with Gasteiger partial charge in [0.25, 0.3) is 6.43 Å². The summed E-state index contributed by atoms with van der Waals surface area (Å²) in [6.07, 6.45) is 0.864. The van der Waals surface area contributed by atoms with Gasteiger partial charge in [0.05, 0.1) is 16.4 Å². The van der Waals surface area contributed by atoms with Gasteiger partial charge in [-0.05, 0) is 28.1 Å². The third-order valence-electron chi connectivity index (χ3n) is 1.94. The molecule has 0 unspecified atom stereocenters. The molecular formula is C10H7BrF2N2. The lowest BCUT2D eigenvalue weighted by Crippen LogP contribution is -1.95. The van der Waals surface area contributed by atoms with Crippen LogP contribution in [-0.4, -0.2) is 9.78 Å². The smallest absolute Gasteiger partial charge is 0.240 e. The van der Waals surface area contributed by atoms with Crippen molar-refractivity contribution in [2.75, 3.05) is 0 Å². The number of hydrogen-bond donors (Lipinski definition) is 0. The van der Waals surface area contributed by atoms with Crippen LogP contribution in [-0.2, 0) is 0 Å². The van der Waals surface area contributed by atoms with E-state index in [0.29, 0.717) is 5.69 Å². The largest absolute Gasteiger partial charge is 0.263 e. The van der Waals surface area contributed by atoms with Gasteiger partial charge in [0.15, 0.2) is 0 Å². The summed E-state index contributed by atoms with van der Waals surface area (Å²) in [5.74, 6) is 0. The molecule has 1 aromatic heterocycles. The van der Waals surface area contributed by atoms with E-state index in [0.717, 1.165) is 4.47 Å². The molecule has 0 bridgehead atoms. The Hall–Kier alpha value is -1.23. The number of rotatable bonds is 2. The van der Waals surface area contributed by atoms with Crippen molar-refractivity contribution in [2.24, 2.45) is 0 Å². The van der Waals surface area contributed by atoms with Crippen LogP contribution in [0.15, 0.2) is 41.1 Å². The second kappa shape index (κ2) is 4.10. The van der Waals surface area contributed by atoms with Gasteiger partial charge in [0.2, 0.25) is 0 Å². The molecule has 15 heavy (non-hydrogen) atoms. The Kier molecular flexibility index (Phi) is 2.81. The van der Waals surface area contributed by atoms with Gasteiger partial charge < -0.3 is 0 Å². The molecule has 0 fully saturated rings. The Bertz CT molecular complexity index is 468. The molecule has 1 heterocycles. The van der Waals surface area contributed by atoms with Gasteiger partial charge in [-0.2, -0.15) is 5.10 Å². The predicted molar refractivity (Wildman–Crippen MR) is 56.2 cm³/mol. The lowest BCUT2D eigenvalue weighted by molar-refractivity contribution is 0.151. The highest BCUT2D eigenvalue weighted by molar-refractivity contribution is 9.10. The zero-order valence-corrected chi connectivity index (χ0v) is 9.16. The van der Waals surface area contributed by atoms with Crippen LogP contribution in [0.25, 0.3) is 5.69 Å². The minimum Gasteiger partial charge on any atom is -0.240 e. The molecule has 1 aromatic carbocycles. The van der Waals surface area contributed by atoms with Gasteiger partial charge in [-0.1, -0.05) is 12.1 Å². The summed E-state index contributed by atoms with van der Waals surface area (Å²) in [7, 11) is 0. The fraction of sp³-hybridized carbons (Fsp3) is 0.100. The maximum Gasteiger partial charge on any atom is 0.263 e. The van der Waals surface area contributed by atoms with E-state index in [1.807, 2.05) is 0 Å². The Balaban J connectivity index is 2.41. The molecule has 0 aliphatic heterocycles. The molecule has 78 valence electrons. The number of hydrogen-bond acceptors (Lipinski definition) is 1. The Morgan fingerprint density at radius 3 is 2.73 bits per heavy atom. The minimum atomic E-state index is -2.45. The molecular weight excluding hydrogens is 266 g/mol. The second-order valence-corrected chi connectivity index (χ2v) is 3.91. The third-order valence-corrected chi connectivity index (χ3v) is 2.35. The van der Waals surface area contributed by atoms with Crippen LogP contribution in [0.4, 0.5) is 8.78 Å². The van der Waals surface area contributed by atoms with Crippen molar-refractivity contribution in [3.05, 3.63) is 46.7 Å². The summed E-state index contributed by atoms with van der Waals surface area (Å²) in [5, 5.41) is 4.01. The van der Waals surface area contributed by atoms with E-state index < -0.39 is 6.43 Å². The van der Waals surface area contributed by atoms with Crippen LogP contribution in [0.2, 0.25) is 0 Å². The average Bonchev–Trinajstić information content (AvgIpc) is 2.65. The van der Waals surface area contributed by atoms with Gasteiger partial charge in [-0.15, -0.1) is 0 Å². The SMILES string of the molecule is FC(F)c1cccc(-n2cc(Br)cn2)c1. The highest BCUT2D eigenvalue weighted by atomic mass is 79.9. The first-order valence-electron chi connectivity index (χ1n) is 4.25. The number of alkyl halides is 2. The Morgan fingerprint density at radius 2 is 2.13 bits per heavy atom. The predicted octanol–water partition coefficient (Wildman–Crippen LogP) is 3.57. The summed E-state index contributed by atoms with van der Waals surface area (Å²) < 4.78 is 27.2. The molecule has 0 N–H and O–H groups in total. The van der Waals surface area contributed by atoms with Crippen LogP contribution >= 0.6 is 15.9 Å². The lowest BCUT2D eigenvalue weighted by Gasteiger charge is -2.03. The number of aromatic nitrogens is 2. The third kappa shape index (κ3) is 2.23. The van der Waals surface area contributed by atoms with Crippen molar-refractivity contribution in [2.45, 2.75) is 6.43 Å². The molecule has 2 aromatic rings.